The second kappa shape index (κ2) is 13.0. The SMILES string of the molecule is CCCN(CCCCNS(=O)(=O)c1ccc(C)cc1)CCCCc1ccc2c(c1)OCC(=O)N2C. The summed E-state index contributed by atoms with van der Waals surface area (Å²) in [5, 5.41) is 0. The number of hydrogen-bond acceptors (Lipinski definition) is 5. The van der Waals surface area contributed by atoms with Gasteiger partial charge in [-0.15, -0.1) is 0 Å². The Labute approximate surface area is 210 Å². The Hall–Kier alpha value is -2.42. The van der Waals surface area contributed by atoms with Crippen molar-refractivity contribution in [3.8, 4) is 5.75 Å². The van der Waals surface area contributed by atoms with E-state index in [0.717, 1.165) is 75.2 Å². The van der Waals surface area contributed by atoms with Crippen LogP contribution in [0.4, 0.5) is 5.69 Å². The minimum atomic E-state index is -3.44. The van der Waals surface area contributed by atoms with E-state index < -0.39 is 10.0 Å². The maximum Gasteiger partial charge on any atom is 0.264 e. The van der Waals surface area contributed by atoms with Crippen molar-refractivity contribution >= 4 is 21.6 Å². The molecule has 1 amide bonds. The number of ether oxygens (including phenoxy) is 1. The second-order valence-electron chi connectivity index (χ2n) is 9.26. The summed E-state index contributed by atoms with van der Waals surface area (Å²) in [7, 11) is -1.65. The molecule has 0 spiro atoms. The lowest BCUT2D eigenvalue weighted by Crippen LogP contribution is -2.35. The van der Waals surface area contributed by atoms with Crippen LogP contribution in [-0.4, -0.2) is 59.1 Å². The van der Waals surface area contributed by atoms with Crippen LogP contribution in [0.25, 0.3) is 0 Å². The lowest BCUT2D eigenvalue weighted by Gasteiger charge is -2.26. The maximum absolute atomic E-state index is 12.4. The second-order valence-corrected chi connectivity index (χ2v) is 11.0. The van der Waals surface area contributed by atoms with E-state index in [9.17, 15) is 13.2 Å². The molecule has 2 aromatic carbocycles. The third-order valence-corrected chi connectivity index (χ3v) is 7.84. The van der Waals surface area contributed by atoms with Crippen molar-refractivity contribution < 1.29 is 17.9 Å². The Morgan fingerprint density at radius 2 is 1.71 bits per heavy atom. The number of benzene rings is 2. The summed E-state index contributed by atoms with van der Waals surface area (Å²) < 4.78 is 33.1. The van der Waals surface area contributed by atoms with Crippen LogP contribution in [0.3, 0.4) is 0 Å². The Morgan fingerprint density at radius 1 is 1.00 bits per heavy atom. The quantitative estimate of drug-likeness (QED) is 0.394. The molecule has 35 heavy (non-hydrogen) atoms. The van der Waals surface area contributed by atoms with Crippen molar-refractivity contribution in [2.45, 2.75) is 57.3 Å². The van der Waals surface area contributed by atoms with Crippen LogP contribution in [-0.2, 0) is 21.2 Å². The predicted octanol–water partition coefficient (Wildman–Crippen LogP) is 4.14. The van der Waals surface area contributed by atoms with Crippen LogP contribution in [0.15, 0.2) is 47.4 Å². The highest BCUT2D eigenvalue weighted by atomic mass is 32.2. The van der Waals surface area contributed by atoms with Crippen molar-refractivity contribution in [3.05, 3.63) is 53.6 Å². The monoisotopic (exact) mass is 501 g/mol. The van der Waals surface area contributed by atoms with Gasteiger partial charge in [-0.3, -0.25) is 4.79 Å². The number of anilines is 1. The molecule has 0 radical (unpaired) electrons. The minimum Gasteiger partial charge on any atom is -0.482 e. The van der Waals surface area contributed by atoms with E-state index in [1.807, 2.05) is 25.1 Å². The van der Waals surface area contributed by atoms with Gasteiger partial charge in [-0.2, -0.15) is 0 Å². The average molecular weight is 502 g/mol. The van der Waals surface area contributed by atoms with Crippen LogP contribution in [0.5, 0.6) is 5.75 Å². The molecule has 0 saturated carbocycles. The van der Waals surface area contributed by atoms with Gasteiger partial charge in [0.05, 0.1) is 10.6 Å². The summed E-state index contributed by atoms with van der Waals surface area (Å²) in [5.41, 5.74) is 3.11. The molecule has 0 bridgehead atoms. The van der Waals surface area contributed by atoms with E-state index in [2.05, 4.69) is 28.7 Å². The van der Waals surface area contributed by atoms with Crippen LogP contribution in [0.2, 0.25) is 0 Å². The standard InChI is InChI=1S/C27H39N3O4S/c1-4-17-30(19-8-6-16-28-35(32,33)24-13-10-22(2)11-14-24)18-7-5-9-23-12-15-25-26(20-23)34-21-27(31)29(25)3/h10-15,20,28H,4-9,16-19,21H2,1-3H3. The third-order valence-electron chi connectivity index (χ3n) is 6.36. The summed E-state index contributed by atoms with van der Waals surface area (Å²) in [5.74, 6) is 0.764. The first kappa shape index (κ1) is 27.2. The zero-order chi connectivity index (χ0) is 25.3. The highest BCUT2D eigenvalue weighted by Crippen LogP contribution is 2.32. The van der Waals surface area contributed by atoms with E-state index in [4.69, 9.17) is 4.74 Å². The molecule has 0 aromatic heterocycles. The lowest BCUT2D eigenvalue weighted by atomic mass is 10.1. The van der Waals surface area contributed by atoms with Crippen molar-refractivity contribution in [3.63, 3.8) is 0 Å². The van der Waals surface area contributed by atoms with Gasteiger partial charge in [0.15, 0.2) is 6.61 Å². The fourth-order valence-corrected chi connectivity index (χ4v) is 5.34. The number of likely N-dealkylation sites (N-methyl/N-ethyl adjacent to an activating group) is 1. The van der Waals surface area contributed by atoms with Crippen LogP contribution >= 0.6 is 0 Å². The molecule has 1 N–H and O–H groups in total. The molecule has 1 aliphatic rings. The molecular formula is C27H39N3O4S. The van der Waals surface area contributed by atoms with E-state index in [1.165, 1.54) is 5.56 Å². The summed E-state index contributed by atoms with van der Waals surface area (Å²) in [4.78, 5) is 16.2. The Kier molecular flexibility index (Phi) is 10.1. The van der Waals surface area contributed by atoms with Gasteiger partial charge in [-0.25, -0.2) is 13.1 Å². The Bertz CT molecular complexity index is 1070. The molecule has 2 aromatic rings. The van der Waals surface area contributed by atoms with Gasteiger partial charge in [-0.05, 0) is 94.9 Å². The average Bonchev–Trinajstić information content (AvgIpc) is 2.84. The van der Waals surface area contributed by atoms with E-state index >= 15 is 0 Å². The third kappa shape index (κ3) is 8.05. The molecule has 0 atom stereocenters. The zero-order valence-electron chi connectivity index (χ0n) is 21.3. The number of unbranched alkanes of at least 4 members (excludes halogenated alkanes) is 2. The van der Waals surface area contributed by atoms with Gasteiger partial charge in [-0.1, -0.05) is 30.7 Å². The van der Waals surface area contributed by atoms with Crippen LogP contribution < -0.4 is 14.4 Å². The zero-order valence-corrected chi connectivity index (χ0v) is 22.1. The predicted molar refractivity (Wildman–Crippen MR) is 141 cm³/mol. The number of amides is 1. The van der Waals surface area contributed by atoms with Crippen LogP contribution in [0, 0.1) is 6.92 Å². The van der Waals surface area contributed by atoms with E-state index in [-0.39, 0.29) is 12.5 Å². The molecule has 7 nitrogen and oxygen atoms in total. The molecule has 1 heterocycles. The molecule has 192 valence electrons. The van der Waals surface area contributed by atoms with Crippen LogP contribution in [0.1, 0.15) is 50.2 Å². The molecule has 1 aliphatic heterocycles. The lowest BCUT2D eigenvalue weighted by molar-refractivity contribution is -0.120. The molecule has 8 heteroatoms. The van der Waals surface area contributed by atoms with Crippen molar-refractivity contribution in [1.29, 1.82) is 0 Å². The first-order chi connectivity index (χ1) is 16.8. The Balaban J connectivity index is 1.35. The summed E-state index contributed by atoms with van der Waals surface area (Å²) in [6, 6.07) is 13.0. The summed E-state index contributed by atoms with van der Waals surface area (Å²) >= 11 is 0. The summed E-state index contributed by atoms with van der Waals surface area (Å²) in [6.07, 6.45) is 6.06. The van der Waals surface area contributed by atoms with Crippen molar-refractivity contribution in [2.24, 2.45) is 0 Å². The molecule has 0 saturated heterocycles. The number of nitrogens with one attached hydrogen (secondary N) is 1. The molecule has 0 unspecified atom stereocenters. The van der Waals surface area contributed by atoms with Gasteiger partial charge in [0.1, 0.15) is 5.75 Å². The number of sulfonamides is 1. The molecule has 3 rings (SSSR count). The van der Waals surface area contributed by atoms with E-state index in [1.54, 1.807) is 24.1 Å². The van der Waals surface area contributed by atoms with Gasteiger partial charge >= 0.3 is 0 Å². The van der Waals surface area contributed by atoms with Gasteiger partial charge in [0.25, 0.3) is 5.91 Å². The largest absolute Gasteiger partial charge is 0.482 e. The van der Waals surface area contributed by atoms with E-state index in [0.29, 0.717) is 11.4 Å². The number of aryl methyl sites for hydroxylation is 2. The number of nitrogens with zero attached hydrogens (tertiary/aromatic N) is 2. The van der Waals surface area contributed by atoms with Crippen molar-refractivity contribution in [2.75, 3.05) is 44.7 Å². The maximum atomic E-state index is 12.4. The van der Waals surface area contributed by atoms with Gasteiger partial charge < -0.3 is 14.5 Å². The topological polar surface area (TPSA) is 79.0 Å². The molecular weight excluding hydrogens is 462 g/mol. The van der Waals surface area contributed by atoms with Gasteiger partial charge in [0, 0.05) is 13.6 Å². The smallest absolute Gasteiger partial charge is 0.264 e. The highest BCUT2D eigenvalue weighted by molar-refractivity contribution is 7.89. The fourth-order valence-electron chi connectivity index (χ4n) is 4.26. The first-order valence-electron chi connectivity index (χ1n) is 12.6. The number of carbonyl (C=O) groups is 1. The van der Waals surface area contributed by atoms with Gasteiger partial charge in [0.2, 0.25) is 10.0 Å². The molecule has 0 fully saturated rings. The Morgan fingerprint density at radius 3 is 2.43 bits per heavy atom. The normalized spacial score (nSPS) is 13.7. The number of hydrogen-bond donors (Lipinski definition) is 1. The minimum absolute atomic E-state index is 0.0232. The fraction of sp³-hybridized carbons (Fsp3) is 0.519. The number of fused-ring (bicyclic) bond motifs is 1. The number of carbonyl (C=O) groups excluding carboxylic acids is 1. The van der Waals surface area contributed by atoms with Crippen molar-refractivity contribution in [1.82, 2.24) is 9.62 Å². The number of rotatable bonds is 14. The summed E-state index contributed by atoms with van der Waals surface area (Å²) in [6.45, 7) is 7.77. The first-order valence-corrected chi connectivity index (χ1v) is 14.1. The molecule has 0 aliphatic carbocycles. The highest BCUT2D eigenvalue weighted by Gasteiger charge is 2.22.